The van der Waals surface area contributed by atoms with Gasteiger partial charge in [-0.1, -0.05) is 25.3 Å². The van der Waals surface area contributed by atoms with Crippen LogP contribution in [-0.2, 0) is 10.0 Å². The lowest BCUT2D eigenvalue weighted by molar-refractivity contribution is 0.345. The first-order valence-corrected chi connectivity index (χ1v) is 15.3. The van der Waals surface area contributed by atoms with Gasteiger partial charge in [-0.05, 0) is 80.9 Å². The third-order valence-electron chi connectivity index (χ3n) is 7.64. The number of benzene rings is 1. The van der Waals surface area contributed by atoms with Gasteiger partial charge < -0.3 is 19.5 Å². The maximum absolute atomic E-state index is 12.1. The van der Waals surface area contributed by atoms with Crippen LogP contribution in [0.5, 0.6) is 5.75 Å². The number of ether oxygens (including phenoxy) is 1. The molecule has 1 aliphatic heterocycles. The maximum Gasteiger partial charge on any atom is 0.229 e. The first-order valence-electron chi connectivity index (χ1n) is 13.0. The van der Waals surface area contributed by atoms with Gasteiger partial charge in [-0.15, -0.1) is 0 Å². The molecule has 202 valence electrons. The molecule has 3 heterocycles. The van der Waals surface area contributed by atoms with Crippen LogP contribution in [0.4, 0.5) is 11.4 Å². The van der Waals surface area contributed by atoms with Gasteiger partial charge in [0.1, 0.15) is 5.75 Å². The van der Waals surface area contributed by atoms with Gasteiger partial charge in [-0.25, -0.2) is 8.42 Å². The summed E-state index contributed by atoms with van der Waals surface area (Å²) in [4.78, 5) is 6.75. The Hall–Kier alpha value is -3.11. The van der Waals surface area contributed by atoms with Crippen LogP contribution in [0.15, 0.2) is 48.7 Å². The Kier molecular flexibility index (Phi) is 7.37. The molecule has 3 aromatic rings. The number of anilines is 2. The Labute approximate surface area is 230 Å². The summed E-state index contributed by atoms with van der Waals surface area (Å²) >= 11 is 5.91. The predicted octanol–water partition coefficient (Wildman–Crippen LogP) is 5.56. The number of nitrogens with one attached hydrogen (secondary N) is 2. The molecule has 5 rings (SSSR count). The monoisotopic (exact) mass is 553 g/mol. The van der Waals surface area contributed by atoms with Gasteiger partial charge in [0.2, 0.25) is 10.0 Å². The van der Waals surface area contributed by atoms with Crippen molar-refractivity contribution in [2.24, 2.45) is 0 Å². The molecular formula is C28H35N5O3S2. The maximum atomic E-state index is 12.1. The summed E-state index contributed by atoms with van der Waals surface area (Å²) in [5.74, 6) is 0.436. The van der Waals surface area contributed by atoms with E-state index in [0.29, 0.717) is 22.6 Å². The average molecular weight is 554 g/mol. The number of hydrogen-bond donors (Lipinski definition) is 2. The third-order valence-corrected chi connectivity index (χ3v) is 8.54. The number of pyridine rings is 1. The van der Waals surface area contributed by atoms with Crippen molar-refractivity contribution >= 4 is 38.7 Å². The van der Waals surface area contributed by atoms with Crippen molar-refractivity contribution in [2.75, 3.05) is 23.0 Å². The highest BCUT2D eigenvalue weighted by Gasteiger charge is 2.42. The molecule has 2 atom stereocenters. The molecule has 0 bridgehead atoms. The summed E-state index contributed by atoms with van der Waals surface area (Å²) in [6.07, 6.45) is 9.15. The standard InChI is InChI=1S/C28H35N5O3S2/c1-18-16-22(19(2)32(18)20-10-6-5-7-11-20)27-26(23-12-8-9-15-29-23)30-28(37)33(27)21-13-14-25(36-3)24(17-21)31-38(4,34)35/h8-9,12-17,20,26-27,31H,5-7,10-11H2,1-4H3,(H,30,37)/t26-,27+/m0/s1. The van der Waals surface area contributed by atoms with E-state index < -0.39 is 10.0 Å². The second kappa shape index (κ2) is 10.6. The molecule has 10 heteroatoms. The Morgan fingerprint density at radius 3 is 2.53 bits per heavy atom. The minimum absolute atomic E-state index is 0.180. The Bertz CT molecular complexity index is 1430. The van der Waals surface area contributed by atoms with Crippen LogP contribution >= 0.6 is 12.2 Å². The van der Waals surface area contributed by atoms with Crippen molar-refractivity contribution in [3.8, 4) is 5.75 Å². The highest BCUT2D eigenvalue weighted by atomic mass is 32.2. The highest BCUT2D eigenvalue weighted by molar-refractivity contribution is 7.92. The molecular weight excluding hydrogens is 518 g/mol. The van der Waals surface area contributed by atoms with Crippen LogP contribution in [-0.4, -0.2) is 36.4 Å². The Morgan fingerprint density at radius 2 is 1.87 bits per heavy atom. The summed E-state index contributed by atoms with van der Waals surface area (Å²) < 4.78 is 34.7. The van der Waals surface area contributed by atoms with E-state index in [4.69, 9.17) is 17.0 Å². The number of rotatable bonds is 7. The van der Waals surface area contributed by atoms with Gasteiger partial charge in [0.25, 0.3) is 0 Å². The summed E-state index contributed by atoms with van der Waals surface area (Å²) in [5.41, 5.74) is 5.69. The van der Waals surface area contributed by atoms with E-state index in [-0.39, 0.29) is 12.1 Å². The number of aryl methyl sites for hydroxylation is 1. The van der Waals surface area contributed by atoms with Crippen LogP contribution in [0.3, 0.4) is 0 Å². The molecule has 2 aromatic heterocycles. The number of nitrogens with zero attached hydrogens (tertiary/aromatic N) is 3. The first kappa shape index (κ1) is 26.5. The zero-order valence-electron chi connectivity index (χ0n) is 22.3. The lowest BCUT2D eigenvalue weighted by Gasteiger charge is -2.30. The van der Waals surface area contributed by atoms with Crippen molar-refractivity contribution in [1.82, 2.24) is 14.9 Å². The molecule has 8 nitrogen and oxygen atoms in total. The third kappa shape index (κ3) is 5.11. The van der Waals surface area contributed by atoms with E-state index in [1.54, 1.807) is 18.3 Å². The van der Waals surface area contributed by atoms with Gasteiger partial charge in [-0.2, -0.15) is 0 Å². The molecule has 1 saturated heterocycles. The van der Waals surface area contributed by atoms with E-state index >= 15 is 0 Å². The minimum atomic E-state index is -3.51. The molecule has 1 saturated carbocycles. The summed E-state index contributed by atoms with van der Waals surface area (Å²) in [7, 11) is -2.00. The molecule has 2 aliphatic rings. The normalized spacial score (nSPS) is 20.4. The van der Waals surface area contributed by atoms with Crippen molar-refractivity contribution in [3.63, 3.8) is 0 Å². The zero-order chi connectivity index (χ0) is 27.0. The lowest BCUT2D eigenvalue weighted by atomic mass is 9.94. The number of sulfonamides is 1. The fourth-order valence-electron chi connectivity index (χ4n) is 6.08. The van der Waals surface area contributed by atoms with Crippen LogP contribution in [0.1, 0.15) is 72.9 Å². The van der Waals surface area contributed by atoms with Gasteiger partial charge in [0.15, 0.2) is 5.11 Å². The fraction of sp³-hybridized carbons (Fsp3) is 0.429. The van der Waals surface area contributed by atoms with Crippen LogP contribution in [0, 0.1) is 13.8 Å². The summed E-state index contributed by atoms with van der Waals surface area (Å²) in [6, 6.07) is 13.8. The second-order valence-electron chi connectivity index (χ2n) is 10.2. The largest absolute Gasteiger partial charge is 0.495 e. The van der Waals surface area contributed by atoms with E-state index in [9.17, 15) is 8.42 Å². The van der Waals surface area contributed by atoms with E-state index in [2.05, 4.69) is 44.4 Å². The number of methoxy groups -OCH3 is 1. The van der Waals surface area contributed by atoms with Gasteiger partial charge in [0.05, 0.1) is 36.8 Å². The lowest BCUT2D eigenvalue weighted by Crippen LogP contribution is -2.29. The molecule has 1 aliphatic carbocycles. The topological polar surface area (TPSA) is 88.5 Å². The minimum Gasteiger partial charge on any atom is -0.495 e. The Morgan fingerprint density at radius 1 is 1.11 bits per heavy atom. The smallest absolute Gasteiger partial charge is 0.229 e. The predicted molar refractivity (Wildman–Crippen MR) is 155 cm³/mol. The SMILES string of the molecule is COc1ccc(N2C(=S)N[C@@H](c3ccccn3)[C@H]2c2cc(C)n(C3CCCCC3)c2C)cc1NS(C)(=O)=O. The van der Waals surface area contributed by atoms with Crippen LogP contribution < -0.4 is 19.7 Å². The first-order chi connectivity index (χ1) is 18.2. The zero-order valence-corrected chi connectivity index (χ0v) is 23.9. The van der Waals surface area contributed by atoms with Gasteiger partial charge >= 0.3 is 0 Å². The van der Waals surface area contributed by atoms with Gasteiger partial charge in [0, 0.05) is 29.3 Å². The molecule has 0 spiro atoms. The highest BCUT2D eigenvalue weighted by Crippen LogP contribution is 2.45. The quantitative estimate of drug-likeness (QED) is 0.370. The number of aromatic nitrogens is 2. The summed E-state index contributed by atoms with van der Waals surface area (Å²) in [6.45, 7) is 4.39. The molecule has 38 heavy (non-hydrogen) atoms. The number of thiocarbonyl (C=S) groups is 1. The van der Waals surface area contributed by atoms with Crippen molar-refractivity contribution in [1.29, 1.82) is 0 Å². The Balaban J connectivity index is 1.64. The molecule has 0 amide bonds. The number of hydrogen-bond acceptors (Lipinski definition) is 5. The molecule has 2 N–H and O–H groups in total. The fourth-order valence-corrected chi connectivity index (χ4v) is 6.98. The van der Waals surface area contributed by atoms with E-state index in [1.807, 2.05) is 24.3 Å². The van der Waals surface area contributed by atoms with E-state index in [1.165, 1.54) is 56.2 Å². The van der Waals surface area contributed by atoms with E-state index in [0.717, 1.165) is 17.6 Å². The van der Waals surface area contributed by atoms with Crippen LogP contribution in [0.2, 0.25) is 0 Å². The summed E-state index contributed by atoms with van der Waals surface area (Å²) in [5, 5.41) is 4.07. The van der Waals surface area contributed by atoms with Crippen molar-refractivity contribution < 1.29 is 13.2 Å². The van der Waals surface area contributed by atoms with Crippen molar-refractivity contribution in [3.05, 3.63) is 71.3 Å². The molecule has 0 radical (unpaired) electrons. The van der Waals surface area contributed by atoms with Gasteiger partial charge in [-0.3, -0.25) is 9.71 Å². The van der Waals surface area contributed by atoms with Crippen LogP contribution in [0.25, 0.3) is 0 Å². The average Bonchev–Trinajstić information content (AvgIpc) is 3.39. The van der Waals surface area contributed by atoms with Crippen molar-refractivity contribution in [2.45, 2.75) is 64.1 Å². The molecule has 0 unspecified atom stereocenters. The second-order valence-corrected chi connectivity index (χ2v) is 12.4. The molecule has 2 fully saturated rings. The molecule has 1 aromatic carbocycles.